The molecule has 0 fully saturated rings. The van der Waals surface area contributed by atoms with E-state index in [0.29, 0.717) is 12.2 Å². The summed E-state index contributed by atoms with van der Waals surface area (Å²) in [4.78, 5) is 24.5. The summed E-state index contributed by atoms with van der Waals surface area (Å²) in [5.74, 6) is -0.604. The van der Waals surface area contributed by atoms with Gasteiger partial charge in [0.05, 0.1) is 11.4 Å². The molecule has 0 aliphatic carbocycles. The van der Waals surface area contributed by atoms with Crippen molar-refractivity contribution in [3.63, 3.8) is 0 Å². The second-order valence-corrected chi connectivity index (χ2v) is 3.97. The van der Waals surface area contributed by atoms with Crippen LogP contribution in [-0.2, 0) is 16.0 Å². The smallest absolute Gasteiger partial charge is 0.270 e. The molecule has 1 heterocycles. The number of hydrogen-bond acceptors (Lipinski definition) is 4. The van der Waals surface area contributed by atoms with Gasteiger partial charge < -0.3 is 15.4 Å². The molecule has 0 saturated heterocycles. The predicted molar refractivity (Wildman–Crippen MR) is 67.1 cm³/mol. The fourth-order valence-corrected chi connectivity index (χ4v) is 2.09. The van der Waals surface area contributed by atoms with Gasteiger partial charge in [-0.2, -0.15) is 0 Å². The second kappa shape index (κ2) is 4.87. The number of fused-ring (bicyclic) bond motifs is 1. The summed E-state index contributed by atoms with van der Waals surface area (Å²) in [6.45, 7) is 2.11. The average Bonchev–Trinajstić information content (AvgIpc) is 2.74. The lowest BCUT2D eigenvalue weighted by atomic mass is 10.1. The Morgan fingerprint density at radius 3 is 2.94 bits per heavy atom. The second-order valence-electron chi connectivity index (χ2n) is 3.97. The zero-order valence-corrected chi connectivity index (χ0v) is 9.88. The van der Waals surface area contributed by atoms with Gasteiger partial charge in [-0.25, -0.2) is 0 Å². The van der Waals surface area contributed by atoms with E-state index >= 15 is 0 Å². The largest absolute Gasteiger partial charge is 0.411 e. The van der Waals surface area contributed by atoms with Crippen molar-refractivity contribution in [3.8, 4) is 0 Å². The molecule has 0 radical (unpaired) electrons. The summed E-state index contributed by atoms with van der Waals surface area (Å²) in [6.07, 6.45) is 1.54. The lowest BCUT2D eigenvalue weighted by molar-refractivity contribution is -0.116. The topological polar surface area (TPSA) is 82.0 Å². The molecule has 0 atom stereocenters. The number of amides is 2. The SMILES string of the molecule is CC(=O)N1CCc2cccc(NC(=O)/C=N\O)c21. The van der Waals surface area contributed by atoms with Crippen molar-refractivity contribution in [2.75, 3.05) is 16.8 Å². The lowest BCUT2D eigenvalue weighted by Gasteiger charge is -2.18. The molecule has 2 N–H and O–H groups in total. The molecule has 94 valence electrons. The first-order valence-electron chi connectivity index (χ1n) is 5.52. The Labute approximate surface area is 104 Å². The molecule has 18 heavy (non-hydrogen) atoms. The molecule has 0 saturated carbocycles. The fraction of sp³-hybridized carbons (Fsp3) is 0.250. The molecule has 2 amide bonds. The van der Waals surface area contributed by atoms with E-state index in [1.165, 1.54) is 6.92 Å². The van der Waals surface area contributed by atoms with Crippen LogP contribution in [0.3, 0.4) is 0 Å². The van der Waals surface area contributed by atoms with Gasteiger partial charge in [-0.05, 0) is 18.1 Å². The molecular weight excluding hydrogens is 234 g/mol. The lowest BCUT2D eigenvalue weighted by Crippen LogP contribution is -2.27. The highest BCUT2D eigenvalue weighted by Gasteiger charge is 2.25. The maximum atomic E-state index is 11.5. The number of oxime groups is 1. The summed E-state index contributed by atoms with van der Waals surface area (Å²) in [6, 6.07) is 5.45. The summed E-state index contributed by atoms with van der Waals surface area (Å²) >= 11 is 0. The zero-order chi connectivity index (χ0) is 13.1. The Balaban J connectivity index is 2.35. The molecule has 2 rings (SSSR count). The van der Waals surface area contributed by atoms with E-state index in [1.54, 1.807) is 11.0 Å². The van der Waals surface area contributed by atoms with Crippen molar-refractivity contribution in [2.45, 2.75) is 13.3 Å². The van der Waals surface area contributed by atoms with Gasteiger partial charge >= 0.3 is 0 Å². The van der Waals surface area contributed by atoms with Crippen LogP contribution in [0.15, 0.2) is 23.4 Å². The van der Waals surface area contributed by atoms with Gasteiger partial charge in [0.1, 0.15) is 6.21 Å². The minimum atomic E-state index is -0.540. The number of nitrogens with zero attached hydrogens (tertiary/aromatic N) is 2. The molecule has 0 aromatic heterocycles. The van der Waals surface area contributed by atoms with E-state index in [0.717, 1.165) is 23.9 Å². The molecule has 0 spiro atoms. The van der Waals surface area contributed by atoms with Crippen LogP contribution in [-0.4, -0.2) is 29.8 Å². The third-order valence-corrected chi connectivity index (χ3v) is 2.81. The molecule has 6 heteroatoms. The van der Waals surface area contributed by atoms with Crippen LogP contribution >= 0.6 is 0 Å². The zero-order valence-electron chi connectivity index (χ0n) is 9.88. The number of rotatable bonds is 2. The number of carbonyl (C=O) groups excluding carboxylic acids is 2. The average molecular weight is 247 g/mol. The quantitative estimate of drug-likeness (QED) is 0.464. The maximum Gasteiger partial charge on any atom is 0.270 e. The first kappa shape index (κ1) is 12.1. The van der Waals surface area contributed by atoms with E-state index < -0.39 is 5.91 Å². The normalized spacial score (nSPS) is 13.7. The Bertz CT molecular complexity index is 525. The molecule has 1 aliphatic heterocycles. The Morgan fingerprint density at radius 1 is 1.50 bits per heavy atom. The summed E-state index contributed by atoms with van der Waals surface area (Å²) < 4.78 is 0. The predicted octanol–water partition coefficient (Wildman–Crippen LogP) is 0.994. The van der Waals surface area contributed by atoms with E-state index in [4.69, 9.17) is 5.21 Å². The van der Waals surface area contributed by atoms with Crippen molar-refractivity contribution < 1.29 is 14.8 Å². The minimum absolute atomic E-state index is 0.0636. The number of benzene rings is 1. The van der Waals surface area contributed by atoms with Gasteiger partial charge in [0.15, 0.2) is 0 Å². The molecule has 0 unspecified atom stereocenters. The Hall–Kier alpha value is -2.37. The van der Waals surface area contributed by atoms with Gasteiger partial charge in [-0.3, -0.25) is 9.59 Å². The van der Waals surface area contributed by atoms with Crippen LogP contribution in [0.2, 0.25) is 0 Å². The van der Waals surface area contributed by atoms with Crippen LogP contribution in [0, 0.1) is 0 Å². The van der Waals surface area contributed by atoms with Gasteiger partial charge in [0.25, 0.3) is 5.91 Å². The van der Waals surface area contributed by atoms with Crippen molar-refractivity contribution >= 4 is 29.4 Å². The molecular formula is C12H13N3O3. The third-order valence-electron chi connectivity index (χ3n) is 2.81. The maximum absolute atomic E-state index is 11.5. The van der Waals surface area contributed by atoms with Gasteiger partial charge in [-0.15, -0.1) is 0 Å². The van der Waals surface area contributed by atoms with Crippen molar-refractivity contribution in [1.82, 2.24) is 0 Å². The van der Waals surface area contributed by atoms with Gasteiger partial charge in [0.2, 0.25) is 5.91 Å². The Morgan fingerprint density at radius 2 is 2.28 bits per heavy atom. The summed E-state index contributed by atoms with van der Waals surface area (Å²) in [5.41, 5.74) is 2.29. The monoisotopic (exact) mass is 247 g/mol. The van der Waals surface area contributed by atoms with E-state index in [-0.39, 0.29) is 5.91 Å². The van der Waals surface area contributed by atoms with Crippen LogP contribution in [0.4, 0.5) is 11.4 Å². The number of carbonyl (C=O) groups is 2. The molecule has 6 nitrogen and oxygen atoms in total. The molecule has 0 bridgehead atoms. The highest BCUT2D eigenvalue weighted by Crippen LogP contribution is 2.35. The van der Waals surface area contributed by atoms with Crippen LogP contribution in [0.1, 0.15) is 12.5 Å². The summed E-state index contributed by atoms with van der Waals surface area (Å²) in [7, 11) is 0. The first-order chi connectivity index (χ1) is 8.63. The number of hydrogen-bond donors (Lipinski definition) is 2. The number of nitrogens with one attached hydrogen (secondary N) is 1. The van der Waals surface area contributed by atoms with E-state index in [1.807, 2.05) is 12.1 Å². The Kier molecular flexibility index (Phi) is 3.27. The van der Waals surface area contributed by atoms with Gasteiger partial charge in [-0.1, -0.05) is 17.3 Å². The fourth-order valence-electron chi connectivity index (χ4n) is 2.09. The van der Waals surface area contributed by atoms with Crippen molar-refractivity contribution in [3.05, 3.63) is 23.8 Å². The number of anilines is 2. The highest BCUT2D eigenvalue weighted by molar-refractivity contribution is 6.32. The van der Waals surface area contributed by atoms with E-state index in [2.05, 4.69) is 10.5 Å². The number of para-hydroxylation sites is 1. The third kappa shape index (κ3) is 2.17. The molecule has 1 aliphatic rings. The first-order valence-corrected chi connectivity index (χ1v) is 5.52. The van der Waals surface area contributed by atoms with Crippen molar-refractivity contribution in [2.24, 2.45) is 5.16 Å². The van der Waals surface area contributed by atoms with E-state index in [9.17, 15) is 9.59 Å². The van der Waals surface area contributed by atoms with Crippen LogP contribution < -0.4 is 10.2 Å². The van der Waals surface area contributed by atoms with Crippen LogP contribution in [0.5, 0.6) is 0 Å². The summed E-state index contributed by atoms with van der Waals surface area (Å²) in [5, 5.41) is 13.5. The standard InChI is InChI=1S/C12H13N3O3/c1-8(16)15-6-5-9-3-2-4-10(12(9)15)14-11(17)7-13-18/h2-4,7,18H,5-6H2,1H3,(H,14,17)/b13-7-. The van der Waals surface area contributed by atoms with Crippen molar-refractivity contribution in [1.29, 1.82) is 0 Å². The van der Waals surface area contributed by atoms with Crippen LogP contribution in [0.25, 0.3) is 0 Å². The molecule has 1 aromatic carbocycles. The minimum Gasteiger partial charge on any atom is -0.411 e. The highest BCUT2D eigenvalue weighted by atomic mass is 16.4. The molecule has 1 aromatic rings. The van der Waals surface area contributed by atoms with Gasteiger partial charge in [0, 0.05) is 13.5 Å².